The monoisotopic (exact) mass is 498 g/mol. The summed E-state index contributed by atoms with van der Waals surface area (Å²) in [6.07, 6.45) is -3.63. The van der Waals surface area contributed by atoms with Crippen LogP contribution < -0.4 is 10.6 Å². The summed E-state index contributed by atoms with van der Waals surface area (Å²) >= 11 is 0. The van der Waals surface area contributed by atoms with Crippen molar-refractivity contribution in [1.29, 1.82) is 5.26 Å². The molecule has 188 valence electrons. The van der Waals surface area contributed by atoms with Gasteiger partial charge in [-0.15, -0.1) is 0 Å². The summed E-state index contributed by atoms with van der Waals surface area (Å²) in [7, 11) is 1.62. The van der Waals surface area contributed by atoms with Crippen molar-refractivity contribution in [3.05, 3.63) is 63.7 Å². The summed E-state index contributed by atoms with van der Waals surface area (Å²) in [5, 5.41) is 9.37. The molecule has 0 saturated carbocycles. The number of aryl methyl sites for hydroxylation is 1. The minimum Gasteiger partial charge on any atom is -0.378 e. The van der Waals surface area contributed by atoms with Crippen LogP contribution in [0.2, 0.25) is 0 Å². The first kappa shape index (κ1) is 24.2. The van der Waals surface area contributed by atoms with Gasteiger partial charge in [-0.05, 0) is 36.2 Å². The summed E-state index contributed by atoms with van der Waals surface area (Å²) in [6, 6.07) is 10.3. The number of benzene rings is 1. The molecule has 11 heteroatoms. The number of hydrogen-bond acceptors (Lipinski definition) is 7. The van der Waals surface area contributed by atoms with Crippen LogP contribution in [-0.2, 0) is 18.0 Å². The van der Waals surface area contributed by atoms with Crippen LogP contribution in [0.4, 0.5) is 19.0 Å². The Bertz CT molecular complexity index is 1380. The van der Waals surface area contributed by atoms with Crippen molar-refractivity contribution in [3.63, 3.8) is 0 Å². The molecule has 0 radical (unpaired) electrons. The van der Waals surface area contributed by atoms with Crippen LogP contribution in [0.5, 0.6) is 0 Å². The lowest BCUT2D eigenvalue weighted by molar-refractivity contribution is -0.137. The standard InChI is InChI=1S/C25H25F3N6O2/c1-3-18-11-33-19(13-36-14-21(33)15-4-6-16(7-5-15)25(26,27)28)12-34(18)23-22-20(32(2)24(35)31-23)9-8-17(10-29)30-22/h4-9,18-19,21H,3,11-14H2,1-2H3/t18-,19+,21-/m0/s1. The highest BCUT2D eigenvalue weighted by Gasteiger charge is 2.41. The van der Waals surface area contributed by atoms with Crippen molar-refractivity contribution in [1.82, 2.24) is 19.4 Å². The summed E-state index contributed by atoms with van der Waals surface area (Å²) in [4.78, 5) is 25.8. The number of fused-ring (bicyclic) bond motifs is 2. The van der Waals surface area contributed by atoms with Gasteiger partial charge in [0.2, 0.25) is 0 Å². The second-order valence-electron chi connectivity index (χ2n) is 9.19. The van der Waals surface area contributed by atoms with E-state index in [2.05, 4.69) is 19.8 Å². The van der Waals surface area contributed by atoms with E-state index in [1.54, 1.807) is 19.2 Å². The van der Waals surface area contributed by atoms with Crippen molar-refractivity contribution >= 4 is 16.9 Å². The molecule has 5 rings (SSSR count). The average Bonchev–Trinajstić information content (AvgIpc) is 2.88. The molecule has 0 spiro atoms. The summed E-state index contributed by atoms with van der Waals surface area (Å²) < 4.78 is 46.5. The van der Waals surface area contributed by atoms with Crippen LogP contribution in [0.25, 0.3) is 11.0 Å². The van der Waals surface area contributed by atoms with E-state index in [0.717, 1.165) is 24.1 Å². The fourth-order valence-corrected chi connectivity index (χ4v) is 5.18. The fourth-order valence-electron chi connectivity index (χ4n) is 5.18. The molecule has 0 N–H and O–H groups in total. The zero-order valence-corrected chi connectivity index (χ0v) is 19.9. The Morgan fingerprint density at radius 3 is 2.53 bits per heavy atom. The van der Waals surface area contributed by atoms with Crippen LogP contribution in [0, 0.1) is 11.3 Å². The molecule has 36 heavy (non-hydrogen) atoms. The Kier molecular flexibility index (Phi) is 6.18. The number of piperazine rings is 1. The van der Waals surface area contributed by atoms with Gasteiger partial charge in [-0.25, -0.2) is 9.78 Å². The maximum Gasteiger partial charge on any atom is 0.416 e. The van der Waals surface area contributed by atoms with Gasteiger partial charge in [0.15, 0.2) is 5.82 Å². The molecule has 1 aromatic carbocycles. The smallest absolute Gasteiger partial charge is 0.378 e. The summed E-state index contributed by atoms with van der Waals surface area (Å²) in [6.45, 7) is 4.00. The molecule has 2 aliphatic heterocycles. The van der Waals surface area contributed by atoms with Crippen molar-refractivity contribution < 1.29 is 17.9 Å². The van der Waals surface area contributed by atoms with E-state index in [-0.39, 0.29) is 23.8 Å². The highest BCUT2D eigenvalue weighted by atomic mass is 19.4. The maximum atomic E-state index is 13.1. The van der Waals surface area contributed by atoms with E-state index in [1.165, 1.54) is 16.7 Å². The quantitative estimate of drug-likeness (QED) is 0.548. The molecule has 0 aliphatic carbocycles. The number of morpholine rings is 1. The molecule has 2 saturated heterocycles. The Morgan fingerprint density at radius 2 is 1.86 bits per heavy atom. The molecule has 2 aliphatic rings. The van der Waals surface area contributed by atoms with Gasteiger partial charge in [0.1, 0.15) is 17.3 Å². The predicted molar refractivity (Wildman–Crippen MR) is 126 cm³/mol. The number of nitrogens with zero attached hydrogens (tertiary/aromatic N) is 6. The van der Waals surface area contributed by atoms with Crippen molar-refractivity contribution in [2.75, 3.05) is 31.2 Å². The number of nitriles is 1. The molecule has 8 nitrogen and oxygen atoms in total. The number of pyridine rings is 1. The van der Waals surface area contributed by atoms with E-state index < -0.39 is 17.4 Å². The van der Waals surface area contributed by atoms with Gasteiger partial charge in [-0.1, -0.05) is 19.1 Å². The molecule has 0 bridgehead atoms. The van der Waals surface area contributed by atoms with Crippen LogP contribution in [0.3, 0.4) is 0 Å². The number of alkyl halides is 3. The Morgan fingerprint density at radius 1 is 1.11 bits per heavy atom. The van der Waals surface area contributed by atoms with Gasteiger partial charge >= 0.3 is 11.9 Å². The molecule has 3 atom stereocenters. The normalized spacial score (nSPS) is 22.9. The van der Waals surface area contributed by atoms with E-state index in [9.17, 15) is 23.2 Å². The number of aromatic nitrogens is 3. The second kappa shape index (κ2) is 9.19. The van der Waals surface area contributed by atoms with Crippen LogP contribution >= 0.6 is 0 Å². The van der Waals surface area contributed by atoms with Crippen molar-refractivity contribution in [2.24, 2.45) is 7.05 Å². The molecule has 4 heterocycles. The topological polar surface area (TPSA) is 87.3 Å². The van der Waals surface area contributed by atoms with E-state index in [4.69, 9.17) is 4.74 Å². The Hall–Kier alpha value is -3.49. The molecule has 0 unspecified atom stereocenters. The molecule has 3 aromatic rings. The number of halogens is 3. The average molecular weight is 499 g/mol. The van der Waals surface area contributed by atoms with Gasteiger partial charge in [0.25, 0.3) is 0 Å². The highest BCUT2D eigenvalue weighted by Crippen LogP contribution is 2.36. The van der Waals surface area contributed by atoms with Crippen LogP contribution in [0.15, 0.2) is 41.2 Å². The minimum atomic E-state index is -4.38. The zero-order valence-electron chi connectivity index (χ0n) is 19.9. The Balaban J connectivity index is 1.50. The lowest BCUT2D eigenvalue weighted by atomic mass is 9.96. The zero-order chi connectivity index (χ0) is 25.6. The fraction of sp³-hybridized carbons (Fsp3) is 0.440. The molecule has 2 aromatic heterocycles. The lowest BCUT2D eigenvalue weighted by Crippen LogP contribution is -2.63. The van der Waals surface area contributed by atoms with E-state index >= 15 is 0 Å². The first-order chi connectivity index (χ1) is 17.2. The van der Waals surface area contributed by atoms with Gasteiger partial charge in [-0.2, -0.15) is 23.4 Å². The van der Waals surface area contributed by atoms with Gasteiger partial charge < -0.3 is 9.64 Å². The number of anilines is 1. The van der Waals surface area contributed by atoms with Crippen molar-refractivity contribution in [3.8, 4) is 6.07 Å². The highest BCUT2D eigenvalue weighted by molar-refractivity contribution is 5.86. The molecular formula is C25H25F3N6O2. The number of hydrogen-bond donors (Lipinski definition) is 0. The Labute approximate surface area is 205 Å². The van der Waals surface area contributed by atoms with Gasteiger partial charge in [0.05, 0.1) is 36.4 Å². The predicted octanol–water partition coefficient (Wildman–Crippen LogP) is 3.26. The van der Waals surface area contributed by atoms with E-state index in [0.29, 0.717) is 43.2 Å². The van der Waals surface area contributed by atoms with Crippen LogP contribution in [0.1, 0.15) is 36.2 Å². The first-order valence-corrected chi connectivity index (χ1v) is 11.8. The summed E-state index contributed by atoms with van der Waals surface area (Å²) in [5.74, 6) is 0.438. The van der Waals surface area contributed by atoms with Gasteiger partial charge in [0, 0.05) is 26.2 Å². The molecule has 2 fully saturated rings. The van der Waals surface area contributed by atoms with Crippen LogP contribution in [-0.4, -0.2) is 57.8 Å². The van der Waals surface area contributed by atoms with Crippen molar-refractivity contribution in [2.45, 2.75) is 37.6 Å². The van der Waals surface area contributed by atoms with Gasteiger partial charge in [-0.3, -0.25) is 9.47 Å². The minimum absolute atomic E-state index is 0.0216. The first-order valence-electron chi connectivity index (χ1n) is 11.8. The third kappa shape index (κ3) is 4.20. The lowest BCUT2D eigenvalue weighted by Gasteiger charge is -2.51. The number of ether oxygens (including phenoxy) is 1. The molecular weight excluding hydrogens is 473 g/mol. The second-order valence-corrected chi connectivity index (χ2v) is 9.19. The number of rotatable bonds is 3. The van der Waals surface area contributed by atoms with E-state index in [1.807, 2.05) is 13.0 Å². The third-order valence-electron chi connectivity index (χ3n) is 7.14. The largest absolute Gasteiger partial charge is 0.416 e. The maximum absolute atomic E-state index is 13.1. The SMILES string of the molecule is CC[C@H]1CN2[C@@H](COC[C@H]2c2ccc(C(F)(F)F)cc2)CN1c1nc(=O)n(C)c2ccc(C#N)nc12. The third-order valence-corrected chi connectivity index (χ3v) is 7.14. The molecule has 0 amide bonds. The summed E-state index contributed by atoms with van der Waals surface area (Å²) in [5.41, 5.74) is 0.989.